The maximum Gasteiger partial charge on any atom is 0.326 e. The van der Waals surface area contributed by atoms with Crippen LogP contribution in [0.2, 0.25) is 0 Å². The molecule has 0 bridgehead atoms. The van der Waals surface area contributed by atoms with Gasteiger partial charge in [-0.15, -0.1) is 0 Å². The van der Waals surface area contributed by atoms with E-state index in [1.165, 1.54) is 0 Å². The Bertz CT molecular complexity index is 552. The van der Waals surface area contributed by atoms with E-state index in [1.54, 1.807) is 13.8 Å². The van der Waals surface area contributed by atoms with E-state index in [2.05, 4.69) is 15.5 Å². The van der Waals surface area contributed by atoms with Crippen LogP contribution in [-0.4, -0.2) is 44.9 Å². The second-order valence-electron chi connectivity index (χ2n) is 4.01. The monoisotopic (exact) mass is 269 g/mol. The van der Waals surface area contributed by atoms with Crippen molar-refractivity contribution in [2.75, 3.05) is 6.61 Å². The highest BCUT2D eigenvalue weighted by Crippen LogP contribution is 2.05. The van der Waals surface area contributed by atoms with Crippen LogP contribution in [0, 0.1) is 13.8 Å². The lowest BCUT2D eigenvalue weighted by atomic mass is 10.1. The Kier molecular flexibility index (Phi) is 4.76. The maximum atomic E-state index is 11.9. The van der Waals surface area contributed by atoms with Crippen molar-refractivity contribution in [2.45, 2.75) is 26.3 Å². The van der Waals surface area contributed by atoms with Crippen LogP contribution in [-0.2, 0) is 4.79 Å². The Labute approximate surface area is 108 Å². The molecule has 19 heavy (non-hydrogen) atoms. The maximum absolute atomic E-state index is 11.9. The lowest BCUT2D eigenvalue weighted by Crippen LogP contribution is -2.43. The first-order valence-corrected chi connectivity index (χ1v) is 5.59. The third-order valence-electron chi connectivity index (χ3n) is 2.72. The number of aliphatic hydroxyl groups is 1. The van der Waals surface area contributed by atoms with Gasteiger partial charge in [0.1, 0.15) is 11.6 Å². The highest BCUT2D eigenvalue weighted by molar-refractivity contribution is 5.97. The number of hydrogen-bond donors (Lipinski definition) is 4. The van der Waals surface area contributed by atoms with E-state index in [0.717, 1.165) is 0 Å². The lowest BCUT2D eigenvalue weighted by Gasteiger charge is -2.14. The first-order chi connectivity index (χ1) is 8.88. The zero-order chi connectivity index (χ0) is 14.6. The summed E-state index contributed by atoms with van der Waals surface area (Å²) in [5, 5.41) is 25.7. The zero-order valence-electron chi connectivity index (χ0n) is 10.6. The summed E-state index contributed by atoms with van der Waals surface area (Å²) in [7, 11) is 0. The van der Waals surface area contributed by atoms with E-state index in [1.807, 2.05) is 0 Å². The number of aromatic nitrogens is 2. The largest absolute Gasteiger partial charge is 0.480 e. The van der Waals surface area contributed by atoms with Gasteiger partial charge in [0.25, 0.3) is 11.5 Å². The highest BCUT2D eigenvalue weighted by atomic mass is 16.4. The number of aliphatic carboxylic acids is 1. The topological polar surface area (TPSA) is 132 Å². The van der Waals surface area contributed by atoms with Gasteiger partial charge in [0, 0.05) is 13.0 Å². The van der Waals surface area contributed by atoms with E-state index >= 15 is 0 Å². The Balaban J connectivity index is 3.04. The van der Waals surface area contributed by atoms with Gasteiger partial charge in [-0.1, -0.05) is 0 Å². The number of nitrogens with one attached hydrogen (secondary N) is 2. The molecule has 4 N–H and O–H groups in total. The van der Waals surface area contributed by atoms with E-state index < -0.39 is 23.5 Å². The molecule has 1 rings (SSSR count). The van der Waals surface area contributed by atoms with Gasteiger partial charge >= 0.3 is 5.97 Å². The first kappa shape index (κ1) is 14.8. The van der Waals surface area contributed by atoms with Crippen LogP contribution in [0.1, 0.15) is 28.0 Å². The third-order valence-corrected chi connectivity index (χ3v) is 2.72. The number of rotatable bonds is 5. The number of aliphatic hydroxyl groups excluding tert-OH is 1. The predicted molar refractivity (Wildman–Crippen MR) is 64.9 cm³/mol. The molecular formula is C11H15N3O5. The summed E-state index contributed by atoms with van der Waals surface area (Å²) in [5.41, 5.74) is -0.00130. The summed E-state index contributed by atoms with van der Waals surface area (Å²) >= 11 is 0. The number of nitrogens with zero attached hydrogens (tertiary/aromatic N) is 1. The van der Waals surface area contributed by atoms with Crippen molar-refractivity contribution in [3.05, 3.63) is 27.2 Å². The minimum atomic E-state index is -1.28. The highest BCUT2D eigenvalue weighted by Gasteiger charge is 2.23. The second kappa shape index (κ2) is 6.10. The molecule has 1 aromatic heterocycles. The van der Waals surface area contributed by atoms with Crippen LogP contribution < -0.4 is 10.9 Å². The smallest absolute Gasteiger partial charge is 0.326 e. The quantitative estimate of drug-likeness (QED) is 0.539. The van der Waals surface area contributed by atoms with Crippen LogP contribution in [0.5, 0.6) is 0 Å². The van der Waals surface area contributed by atoms with Crippen molar-refractivity contribution in [3.8, 4) is 0 Å². The molecule has 0 fully saturated rings. The summed E-state index contributed by atoms with van der Waals surface area (Å²) in [5.74, 6) is -2.08. The number of carbonyl (C=O) groups excluding carboxylic acids is 1. The fourth-order valence-electron chi connectivity index (χ4n) is 1.52. The Morgan fingerprint density at radius 3 is 2.58 bits per heavy atom. The first-order valence-electron chi connectivity index (χ1n) is 5.59. The molecule has 0 saturated carbocycles. The second-order valence-corrected chi connectivity index (χ2v) is 4.01. The molecule has 0 saturated heterocycles. The van der Waals surface area contributed by atoms with Crippen LogP contribution in [0.4, 0.5) is 0 Å². The number of hydrogen-bond acceptors (Lipinski definition) is 5. The average Bonchev–Trinajstić information content (AvgIpc) is 2.33. The minimum absolute atomic E-state index is 0.137. The van der Waals surface area contributed by atoms with Crippen LogP contribution in [0.15, 0.2) is 4.79 Å². The molecule has 1 amide bonds. The normalized spacial score (nSPS) is 11.9. The van der Waals surface area contributed by atoms with E-state index in [0.29, 0.717) is 11.3 Å². The number of amides is 1. The molecule has 0 unspecified atom stereocenters. The van der Waals surface area contributed by atoms with E-state index in [9.17, 15) is 14.4 Å². The lowest BCUT2D eigenvalue weighted by molar-refractivity contribution is -0.139. The van der Waals surface area contributed by atoms with E-state index in [4.69, 9.17) is 10.2 Å². The van der Waals surface area contributed by atoms with Gasteiger partial charge in [0.15, 0.2) is 0 Å². The number of carbonyl (C=O) groups is 2. The Morgan fingerprint density at radius 2 is 2.05 bits per heavy atom. The van der Waals surface area contributed by atoms with Gasteiger partial charge in [-0.3, -0.25) is 9.59 Å². The Hall–Kier alpha value is -2.22. The molecule has 0 aromatic carbocycles. The average molecular weight is 269 g/mol. The third kappa shape index (κ3) is 3.38. The molecule has 0 aliphatic carbocycles. The van der Waals surface area contributed by atoms with Gasteiger partial charge < -0.3 is 15.5 Å². The fraction of sp³-hybridized carbons (Fsp3) is 0.455. The number of aryl methyl sites for hydroxylation is 1. The van der Waals surface area contributed by atoms with Gasteiger partial charge in [-0.05, 0) is 19.4 Å². The molecule has 1 atom stereocenters. The summed E-state index contributed by atoms with van der Waals surface area (Å²) in [4.78, 5) is 34.4. The fourth-order valence-corrected chi connectivity index (χ4v) is 1.52. The van der Waals surface area contributed by atoms with Gasteiger partial charge in [0.2, 0.25) is 0 Å². The molecule has 0 aliphatic heterocycles. The summed E-state index contributed by atoms with van der Waals surface area (Å²) in [6.07, 6.45) is -0.137. The molecule has 1 heterocycles. The summed E-state index contributed by atoms with van der Waals surface area (Å²) in [6.45, 7) is 2.78. The SMILES string of the molecule is Cc1n[nH]c(=O)c(C(=O)N[C@H](CCO)C(=O)O)c1C. The van der Waals surface area contributed by atoms with Gasteiger partial charge in [-0.2, -0.15) is 5.10 Å². The van der Waals surface area contributed by atoms with Gasteiger partial charge in [-0.25, -0.2) is 9.89 Å². The Morgan fingerprint density at radius 1 is 1.42 bits per heavy atom. The number of H-pyrrole nitrogens is 1. The standard InChI is InChI=1S/C11H15N3O5/c1-5-6(2)13-14-10(17)8(5)9(16)12-7(3-4-15)11(18)19/h7,15H,3-4H2,1-2H3,(H,12,16)(H,14,17)(H,18,19)/t7-/m1/s1. The van der Waals surface area contributed by atoms with Crippen LogP contribution in [0.3, 0.4) is 0 Å². The van der Waals surface area contributed by atoms with Crippen LogP contribution in [0.25, 0.3) is 0 Å². The van der Waals surface area contributed by atoms with Crippen LogP contribution >= 0.6 is 0 Å². The number of aromatic amines is 1. The zero-order valence-corrected chi connectivity index (χ0v) is 10.6. The number of carboxylic acid groups (broad SMARTS) is 1. The molecule has 104 valence electrons. The molecule has 1 aromatic rings. The van der Waals surface area contributed by atoms with Crippen molar-refractivity contribution in [2.24, 2.45) is 0 Å². The molecule has 0 radical (unpaired) electrons. The predicted octanol–water partition coefficient (Wildman–Crippen LogP) is -1.05. The molecule has 0 spiro atoms. The van der Waals surface area contributed by atoms with Crippen molar-refractivity contribution < 1.29 is 19.8 Å². The molecule has 8 nitrogen and oxygen atoms in total. The van der Waals surface area contributed by atoms with Crippen molar-refractivity contribution in [1.82, 2.24) is 15.5 Å². The summed E-state index contributed by atoms with van der Waals surface area (Å²) < 4.78 is 0. The van der Waals surface area contributed by atoms with E-state index in [-0.39, 0.29) is 18.6 Å². The van der Waals surface area contributed by atoms with Gasteiger partial charge in [0.05, 0.1) is 5.69 Å². The van der Waals surface area contributed by atoms with Crippen molar-refractivity contribution in [3.63, 3.8) is 0 Å². The minimum Gasteiger partial charge on any atom is -0.480 e. The van der Waals surface area contributed by atoms with Crippen molar-refractivity contribution >= 4 is 11.9 Å². The molecule has 0 aliphatic rings. The summed E-state index contributed by atoms with van der Waals surface area (Å²) in [6, 6.07) is -1.25. The number of carboxylic acids is 1. The molecular weight excluding hydrogens is 254 g/mol. The van der Waals surface area contributed by atoms with Crippen molar-refractivity contribution in [1.29, 1.82) is 0 Å². The molecule has 8 heteroatoms.